The van der Waals surface area contributed by atoms with Gasteiger partial charge in [-0.3, -0.25) is 4.79 Å². The van der Waals surface area contributed by atoms with E-state index in [2.05, 4.69) is 30.1 Å². The minimum Gasteiger partial charge on any atom is -0.370 e. The van der Waals surface area contributed by atoms with Crippen LogP contribution in [-0.4, -0.2) is 48.5 Å². The Labute approximate surface area is 187 Å². The van der Waals surface area contributed by atoms with Crippen molar-refractivity contribution >= 4 is 17.2 Å². The fourth-order valence-corrected chi connectivity index (χ4v) is 7.19. The molecular formula is C24H34F2N2O2S. The summed E-state index contributed by atoms with van der Waals surface area (Å²) < 4.78 is 33.3. The standard InChI is InChI=1S/C24H34F2N2O2S/c1-3-18-12-20-21(31-18)5-9-30-23(20)7-8-28(15(2)13-23)14-16-10-17(11-16)27-22(29)19-4-6-24(19,25)26/h12,15-17,19H,3-11,13-14H2,1-2H3,(H,27,29)/t15-,16?,17?,19?,23+/m0/s1. The van der Waals surface area contributed by atoms with Crippen molar-refractivity contribution in [3.63, 3.8) is 0 Å². The van der Waals surface area contributed by atoms with Crippen LogP contribution in [-0.2, 0) is 28.0 Å². The van der Waals surface area contributed by atoms with Crippen LogP contribution in [0.5, 0.6) is 0 Å². The first-order valence-corrected chi connectivity index (χ1v) is 12.8. The van der Waals surface area contributed by atoms with Gasteiger partial charge >= 0.3 is 0 Å². The predicted octanol–water partition coefficient (Wildman–Crippen LogP) is 4.50. The number of ether oxygens (including phenoxy) is 1. The van der Waals surface area contributed by atoms with Crippen LogP contribution in [0.1, 0.15) is 67.7 Å². The van der Waals surface area contributed by atoms with Gasteiger partial charge in [0.25, 0.3) is 5.92 Å². The summed E-state index contributed by atoms with van der Waals surface area (Å²) in [4.78, 5) is 17.6. The zero-order valence-electron chi connectivity index (χ0n) is 18.6. The van der Waals surface area contributed by atoms with E-state index in [0.29, 0.717) is 18.4 Å². The molecule has 2 saturated carbocycles. The third kappa shape index (κ3) is 3.95. The third-order valence-corrected chi connectivity index (χ3v) is 9.46. The lowest BCUT2D eigenvalue weighted by Gasteiger charge is -2.49. The molecule has 4 nitrogen and oxygen atoms in total. The van der Waals surface area contributed by atoms with E-state index in [4.69, 9.17) is 4.74 Å². The van der Waals surface area contributed by atoms with Crippen LogP contribution in [0.2, 0.25) is 0 Å². The molecule has 5 rings (SSSR count). The van der Waals surface area contributed by atoms with E-state index in [1.54, 1.807) is 0 Å². The van der Waals surface area contributed by atoms with Gasteiger partial charge in [0.2, 0.25) is 5.91 Å². The molecule has 1 aromatic rings. The number of carbonyl (C=O) groups excluding carboxylic acids is 1. The molecule has 0 radical (unpaired) electrons. The van der Waals surface area contributed by atoms with Crippen LogP contribution in [0.25, 0.3) is 0 Å². The SMILES string of the molecule is CCc1cc2c(s1)CCO[C@@]21CCN(CC2CC(NC(=O)C3CCC3(F)F)C2)[C@@H](C)C1. The maximum atomic E-state index is 13.4. The number of aryl methyl sites for hydroxylation is 1. The van der Waals surface area contributed by atoms with Gasteiger partial charge in [-0.25, -0.2) is 8.78 Å². The molecule has 31 heavy (non-hydrogen) atoms. The summed E-state index contributed by atoms with van der Waals surface area (Å²) in [6, 6.07) is 2.92. The number of alkyl halides is 2. The Morgan fingerprint density at radius 1 is 1.35 bits per heavy atom. The topological polar surface area (TPSA) is 41.6 Å². The number of fused-ring (bicyclic) bond motifs is 2. The van der Waals surface area contributed by atoms with Gasteiger partial charge in [0, 0.05) is 47.8 Å². The molecule has 1 saturated heterocycles. The van der Waals surface area contributed by atoms with E-state index in [9.17, 15) is 13.6 Å². The first-order chi connectivity index (χ1) is 14.8. The van der Waals surface area contributed by atoms with Gasteiger partial charge in [0.1, 0.15) is 5.92 Å². The number of amides is 1. The van der Waals surface area contributed by atoms with E-state index >= 15 is 0 Å². The molecule has 1 aromatic heterocycles. The Hall–Kier alpha value is -1.05. The molecule has 2 aliphatic heterocycles. The van der Waals surface area contributed by atoms with E-state index in [-0.39, 0.29) is 18.1 Å². The number of hydrogen-bond acceptors (Lipinski definition) is 4. The molecule has 3 atom stereocenters. The van der Waals surface area contributed by atoms with Crippen molar-refractivity contribution in [1.29, 1.82) is 0 Å². The van der Waals surface area contributed by atoms with E-state index in [0.717, 1.165) is 58.2 Å². The van der Waals surface area contributed by atoms with Crippen molar-refractivity contribution in [2.75, 3.05) is 19.7 Å². The van der Waals surface area contributed by atoms with Crippen molar-refractivity contribution in [3.8, 4) is 0 Å². The maximum absolute atomic E-state index is 13.4. The van der Waals surface area contributed by atoms with Crippen molar-refractivity contribution < 1.29 is 18.3 Å². The summed E-state index contributed by atoms with van der Waals surface area (Å²) in [5.74, 6) is -3.80. The van der Waals surface area contributed by atoms with Crippen LogP contribution < -0.4 is 5.32 Å². The second kappa shape index (κ2) is 8.07. The number of hydrogen-bond donors (Lipinski definition) is 1. The van der Waals surface area contributed by atoms with Crippen molar-refractivity contribution in [3.05, 3.63) is 21.4 Å². The molecule has 7 heteroatoms. The smallest absolute Gasteiger partial charge is 0.259 e. The van der Waals surface area contributed by atoms with Gasteiger partial charge < -0.3 is 15.0 Å². The molecule has 2 aliphatic carbocycles. The van der Waals surface area contributed by atoms with Crippen molar-refractivity contribution in [1.82, 2.24) is 10.2 Å². The zero-order chi connectivity index (χ0) is 21.8. The van der Waals surface area contributed by atoms with Gasteiger partial charge in [0.05, 0.1) is 12.2 Å². The highest BCUT2D eigenvalue weighted by Gasteiger charge is 2.53. The number of piperidine rings is 1. The Balaban J connectivity index is 1.12. The van der Waals surface area contributed by atoms with E-state index in [1.165, 1.54) is 15.3 Å². The summed E-state index contributed by atoms with van der Waals surface area (Å²) >= 11 is 1.97. The minimum atomic E-state index is -2.80. The molecule has 3 heterocycles. The summed E-state index contributed by atoms with van der Waals surface area (Å²) in [6.07, 6.45) is 6.18. The number of likely N-dealkylation sites (tertiary alicyclic amines) is 1. The number of thiophene rings is 1. The fourth-order valence-electron chi connectivity index (χ4n) is 6.01. The fraction of sp³-hybridized carbons (Fsp3) is 0.792. The van der Waals surface area contributed by atoms with Gasteiger partial charge in [0.15, 0.2) is 0 Å². The molecule has 3 fully saturated rings. The molecule has 172 valence electrons. The average Bonchev–Trinajstić information content (AvgIpc) is 3.12. The largest absolute Gasteiger partial charge is 0.370 e. The lowest BCUT2D eigenvalue weighted by Crippen LogP contribution is -2.56. The number of halogens is 2. The summed E-state index contributed by atoms with van der Waals surface area (Å²) in [5, 5.41) is 2.86. The summed E-state index contributed by atoms with van der Waals surface area (Å²) in [7, 11) is 0. The number of rotatable bonds is 5. The monoisotopic (exact) mass is 452 g/mol. The quantitative estimate of drug-likeness (QED) is 0.715. The summed E-state index contributed by atoms with van der Waals surface area (Å²) in [6.45, 7) is 7.41. The van der Waals surface area contributed by atoms with E-state index < -0.39 is 17.7 Å². The third-order valence-electron chi connectivity index (χ3n) is 8.13. The van der Waals surface area contributed by atoms with Gasteiger partial charge in [-0.2, -0.15) is 0 Å². The van der Waals surface area contributed by atoms with Gasteiger partial charge in [-0.15, -0.1) is 11.3 Å². The number of nitrogens with one attached hydrogen (secondary N) is 1. The molecular weight excluding hydrogens is 418 g/mol. The van der Waals surface area contributed by atoms with Crippen LogP contribution in [0.4, 0.5) is 8.78 Å². The molecule has 1 unspecified atom stereocenters. The highest BCUT2D eigenvalue weighted by molar-refractivity contribution is 7.12. The number of nitrogens with zero attached hydrogens (tertiary/aromatic N) is 1. The first kappa shape index (κ1) is 21.8. The number of carbonyl (C=O) groups is 1. The van der Waals surface area contributed by atoms with Gasteiger partial charge in [-0.05, 0) is 63.0 Å². The second-order valence-corrected chi connectivity index (χ2v) is 11.4. The highest BCUT2D eigenvalue weighted by atomic mass is 32.1. The Kier molecular flexibility index (Phi) is 5.67. The summed E-state index contributed by atoms with van der Waals surface area (Å²) in [5.41, 5.74) is 1.34. The Morgan fingerprint density at radius 3 is 2.81 bits per heavy atom. The molecule has 0 bridgehead atoms. The highest BCUT2D eigenvalue weighted by Crippen LogP contribution is 2.47. The lowest BCUT2D eigenvalue weighted by molar-refractivity contribution is -0.163. The maximum Gasteiger partial charge on any atom is 0.259 e. The Morgan fingerprint density at radius 2 is 2.16 bits per heavy atom. The average molecular weight is 453 g/mol. The predicted molar refractivity (Wildman–Crippen MR) is 118 cm³/mol. The van der Waals surface area contributed by atoms with Crippen molar-refractivity contribution in [2.45, 2.75) is 88.8 Å². The van der Waals surface area contributed by atoms with Crippen LogP contribution in [0.15, 0.2) is 6.07 Å². The van der Waals surface area contributed by atoms with Crippen LogP contribution in [0, 0.1) is 11.8 Å². The first-order valence-electron chi connectivity index (χ1n) is 12.0. The molecule has 1 spiro atoms. The minimum absolute atomic E-state index is 0.0721. The normalized spacial score (nSPS) is 37.0. The molecule has 0 aromatic carbocycles. The zero-order valence-corrected chi connectivity index (χ0v) is 19.4. The van der Waals surface area contributed by atoms with Crippen LogP contribution >= 0.6 is 11.3 Å². The van der Waals surface area contributed by atoms with Crippen molar-refractivity contribution in [2.24, 2.45) is 11.8 Å². The Bertz CT molecular complexity index is 838. The van der Waals surface area contributed by atoms with E-state index in [1.807, 2.05) is 11.3 Å². The molecule has 1 N–H and O–H groups in total. The molecule has 1 amide bonds. The molecule has 4 aliphatic rings. The lowest BCUT2D eigenvalue weighted by atomic mass is 9.75. The van der Waals surface area contributed by atoms with Crippen LogP contribution in [0.3, 0.4) is 0 Å². The van der Waals surface area contributed by atoms with Gasteiger partial charge in [-0.1, -0.05) is 6.92 Å². The second-order valence-electron chi connectivity index (χ2n) is 10.2.